The summed E-state index contributed by atoms with van der Waals surface area (Å²) in [7, 11) is 0. The first-order chi connectivity index (χ1) is 8.22. The number of hydrogen-bond acceptors (Lipinski definition) is 3. The molecule has 5 heteroatoms. The second kappa shape index (κ2) is 6.16. The molecule has 94 valence electrons. The summed E-state index contributed by atoms with van der Waals surface area (Å²) in [5, 5.41) is 0.752. The monoisotopic (exact) mass is 318 g/mol. The van der Waals surface area contributed by atoms with E-state index in [9.17, 15) is 0 Å². The Morgan fingerprint density at radius 1 is 1.41 bits per heavy atom. The van der Waals surface area contributed by atoms with Crippen molar-refractivity contribution in [1.82, 2.24) is 5.43 Å². The first-order valence-corrected chi connectivity index (χ1v) is 6.88. The summed E-state index contributed by atoms with van der Waals surface area (Å²) in [6.45, 7) is 1.60. The molecule has 0 radical (unpaired) electrons. The van der Waals surface area contributed by atoms with Gasteiger partial charge in [0.1, 0.15) is 0 Å². The average Bonchev–Trinajstić information content (AvgIpc) is 2.36. The Labute approximate surface area is 115 Å². The number of ether oxygens (including phenoxy) is 1. The molecule has 0 spiro atoms. The molecule has 1 saturated heterocycles. The van der Waals surface area contributed by atoms with Gasteiger partial charge in [-0.25, -0.2) is 0 Å². The molecular weight excluding hydrogens is 304 g/mol. The second-order valence-electron chi connectivity index (χ2n) is 4.26. The Kier molecular flexibility index (Phi) is 4.82. The Bertz CT molecular complexity index is 383. The molecule has 1 aliphatic rings. The highest BCUT2D eigenvalue weighted by Crippen LogP contribution is 2.34. The molecule has 0 aliphatic carbocycles. The van der Waals surface area contributed by atoms with Crippen molar-refractivity contribution in [3.05, 3.63) is 33.3 Å². The maximum Gasteiger partial charge on any atom is 0.0504 e. The highest BCUT2D eigenvalue weighted by atomic mass is 79.9. The molecule has 1 atom stereocenters. The van der Waals surface area contributed by atoms with E-state index in [0.717, 1.165) is 41.1 Å². The Morgan fingerprint density at radius 2 is 2.12 bits per heavy atom. The van der Waals surface area contributed by atoms with E-state index in [1.54, 1.807) is 0 Å². The fourth-order valence-electron chi connectivity index (χ4n) is 2.28. The summed E-state index contributed by atoms with van der Waals surface area (Å²) in [5.74, 6) is 6.16. The van der Waals surface area contributed by atoms with E-state index in [-0.39, 0.29) is 6.04 Å². The van der Waals surface area contributed by atoms with Crippen LogP contribution in [0.15, 0.2) is 22.7 Å². The van der Waals surface area contributed by atoms with Crippen LogP contribution in [-0.4, -0.2) is 13.2 Å². The zero-order valence-electron chi connectivity index (χ0n) is 9.46. The van der Waals surface area contributed by atoms with Gasteiger partial charge in [-0.05, 0) is 42.5 Å². The molecule has 1 unspecified atom stereocenters. The van der Waals surface area contributed by atoms with Crippen LogP contribution in [0.1, 0.15) is 24.4 Å². The minimum Gasteiger partial charge on any atom is -0.381 e. The molecule has 17 heavy (non-hydrogen) atoms. The zero-order valence-corrected chi connectivity index (χ0v) is 11.8. The second-order valence-corrected chi connectivity index (χ2v) is 5.58. The van der Waals surface area contributed by atoms with Crippen molar-refractivity contribution in [3.63, 3.8) is 0 Å². The lowest BCUT2D eigenvalue weighted by Crippen LogP contribution is -2.36. The Hall–Kier alpha value is -0.130. The van der Waals surface area contributed by atoms with Crippen molar-refractivity contribution >= 4 is 27.5 Å². The van der Waals surface area contributed by atoms with Gasteiger partial charge in [0.15, 0.2) is 0 Å². The van der Waals surface area contributed by atoms with Gasteiger partial charge in [-0.15, -0.1) is 0 Å². The SMILES string of the molecule is NNC(c1cc(Br)ccc1Cl)C1CCOCC1. The van der Waals surface area contributed by atoms with Crippen LogP contribution in [0.4, 0.5) is 0 Å². The summed E-state index contributed by atoms with van der Waals surface area (Å²) in [6.07, 6.45) is 2.02. The van der Waals surface area contributed by atoms with Crippen molar-refractivity contribution < 1.29 is 4.74 Å². The number of rotatable bonds is 3. The predicted octanol–water partition coefficient (Wildman–Crippen LogP) is 3.03. The predicted molar refractivity (Wildman–Crippen MR) is 72.8 cm³/mol. The molecule has 0 aromatic heterocycles. The van der Waals surface area contributed by atoms with Crippen LogP contribution in [-0.2, 0) is 4.74 Å². The highest BCUT2D eigenvalue weighted by Gasteiger charge is 2.26. The minimum atomic E-state index is 0.0869. The van der Waals surface area contributed by atoms with Gasteiger partial charge in [0.25, 0.3) is 0 Å². The molecule has 1 heterocycles. The maximum absolute atomic E-state index is 6.24. The zero-order chi connectivity index (χ0) is 12.3. The van der Waals surface area contributed by atoms with Crippen LogP contribution in [0.5, 0.6) is 0 Å². The van der Waals surface area contributed by atoms with E-state index in [4.69, 9.17) is 22.2 Å². The van der Waals surface area contributed by atoms with Crippen molar-refractivity contribution in [3.8, 4) is 0 Å². The molecular formula is C12H16BrClN2O. The van der Waals surface area contributed by atoms with Gasteiger partial charge in [-0.2, -0.15) is 0 Å². The number of hydrazine groups is 1. The quantitative estimate of drug-likeness (QED) is 0.665. The minimum absolute atomic E-state index is 0.0869. The van der Waals surface area contributed by atoms with Gasteiger partial charge < -0.3 is 4.74 Å². The summed E-state index contributed by atoms with van der Waals surface area (Å²) in [4.78, 5) is 0. The molecule has 2 rings (SSSR count). The van der Waals surface area contributed by atoms with Gasteiger partial charge in [0.05, 0.1) is 6.04 Å². The molecule has 3 N–H and O–H groups in total. The maximum atomic E-state index is 6.24. The van der Waals surface area contributed by atoms with Crippen LogP contribution in [0, 0.1) is 5.92 Å². The van der Waals surface area contributed by atoms with E-state index < -0.39 is 0 Å². The average molecular weight is 320 g/mol. The largest absolute Gasteiger partial charge is 0.381 e. The van der Waals surface area contributed by atoms with Gasteiger partial charge in [-0.1, -0.05) is 27.5 Å². The van der Waals surface area contributed by atoms with Crippen molar-refractivity contribution in [2.24, 2.45) is 11.8 Å². The van der Waals surface area contributed by atoms with E-state index >= 15 is 0 Å². The molecule has 3 nitrogen and oxygen atoms in total. The number of hydrogen-bond donors (Lipinski definition) is 2. The third-order valence-electron chi connectivity index (χ3n) is 3.21. The van der Waals surface area contributed by atoms with Gasteiger partial charge in [-0.3, -0.25) is 11.3 Å². The van der Waals surface area contributed by atoms with Crippen molar-refractivity contribution in [2.75, 3.05) is 13.2 Å². The van der Waals surface area contributed by atoms with E-state index in [1.165, 1.54) is 0 Å². The van der Waals surface area contributed by atoms with Crippen LogP contribution in [0.3, 0.4) is 0 Å². The lowest BCUT2D eigenvalue weighted by atomic mass is 9.87. The topological polar surface area (TPSA) is 47.3 Å². The summed E-state index contributed by atoms with van der Waals surface area (Å²) >= 11 is 9.71. The van der Waals surface area contributed by atoms with Crippen LogP contribution in [0.25, 0.3) is 0 Å². The molecule has 0 bridgehead atoms. The van der Waals surface area contributed by atoms with Crippen molar-refractivity contribution in [2.45, 2.75) is 18.9 Å². The van der Waals surface area contributed by atoms with Gasteiger partial charge in [0, 0.05) is 22.7 Å². The van der Waals surface area contributed by atoms with Crippen LogP contribution < -0.4 is 11.3 Å². The fourth-order valence-corrected chi connectivity index (χ4v) is 2.90. The van der Waals surface area contributed by atoms with Crippen molar-refractivity contribution in [1.29, 1.82) is 0 Å². The Balaban J connectivity index is 2.24. The highest BCUT2D eigenvalue weighted by molar-refractivity contribution is 9.10. The number of halogens is 2. The fraction of sp³-hybridized carbons (Fsp3) is 0.500. The van der Waals surface area contributed by atoms with Crippen LogP contribution in [0.2, 0.25) is 5.02 Å². The van der Waals surface area contributed by atoms with Gasteiger partial charge >= 0.3 is 0 Å². The first-order valence-electron chi connectivity index (χ1n) is 5.71. The van der Waals surface area contributed by atoms with E-state index in [2.05, 4.69) is 21.4 Å². The smallest absolute Gasteiger partial charge is 0.0504 e. The Morgan fingerprint density at radius 3 is 2.76 bits per heavy atom. The number of nitrogens with two attached hydrogens (primary N) is 1. The summed E-state index contributed by atoms with van der Waals surface area (Å²) < 4.78 is 6.39. The van der Waals surface area contributed by atoms with Gasteiger partial charge in [0.2, 0.25) is 0 Å². The number of nitrogens with one attached hydrogen (secondary N) is 1. The third-order valence-corrected chi connectivity index (χ3v) is 4.05. The summed E-state index contributed by atoms with van der Waals surface area (Å²) in [6, 6.07) is 5.94. The molecule has 1 aliphatic heterocycles. The number of benzene rings is 1. The van der Waals surface area contributed by atoms with E-state index in [1.807, 2.05) is 18.2 Å². The molecule has 0 saturated carbocycles. The first kappa shape index (κ1) is 13.3. The lowest BCUT2D eigenvalue weighted by molar-refractivity contribution is 0.0536. The molecule has 1 fully saturated rings. The molecule has 1 aromatic carbocycles. The lowest BCUT2D eigenvalue weighted by Gasteiger charge is -2.30. The standard InChI is InChI=1S/C12H16BrClN2O/c13-9-1-2-11(14)10(7-9)12(16-15)8-3-5-17-6-4-8/h1-2,7-8,12,16H,3-6,15H2. The normalized spacial score (nSPS) is 19.2. The molecule has 0 amide bonds. The summed E-state index contributed by atoms with van der Waals surface area (Å²) in [5.41, 5.74) is 3.95. The van der Waals surface area contributed by atoms with Crippen LogP contribution >= 0.6 is 27.5 Å². The van der Waals surface area contributed by atoms with E-state index in [0.29, 0.717) is 5.92 Å². The molecule has 1 aromatic rings. The third kappa shape index (κ3) is 3.20.